The number of carboxylic acids is 1. The smallest absolute Gasteiger partial charge is 0.310 e. The standard InChI is InChI=1S/C13H23NO3S/c1-9(2)13(4,12(16)17)7-11(15)14-5-6-18-10(3)8-14/h9-10H,5-8H2,1-4H3,(H,16,17). The van der Waals surface area contributed by atoms with E-state index in [2.05, 4.69) is 6.92 Å². The normalized spacial score (nSPS) is 23.8. The predicted octanol–water partition coefficient (Wildman–Crippen LogP) is 2.09. The average Bonchev–Trinajstić information content (AvgIpc) is 2.28. The van der Waals surface area contributed by atoms with Crippen LogP contribution in [0.25, 0.3) is 0 Å². The summed E-state index contributed by atoms with van der Waals surface area (Å²) in [6.07, 6.45) is 0.0946. The minimum Gasteiger partial charge on any atom is -0.481 e. The van der Waals surface area contributed by atoms with Gasteiger partial charge >= 0.3 is 5.97 Å². The lowest BCUT2D eigenvalue weighted by Crippen LogP contribution is -2.45. The molecule has 1 N–H and O–H groups in total. The van der Waals surface area contributed by atoms with Crippen molar-refractivity contribution in [2.75, 3.05) is 18.8 Å². The number of nitrogens with zero attached hydrogens (tertiary/aromatic N) is 1. The zero-order valence-electron chi connectivity index (χ0n) is 11.6. The van der Waals surface area contributed by atoms with Crippen LogP contribution < -0.4 is 0 Å². The summed E-state index contributed by atoms with van der Waals surface area (Å²) in [7, 11) is 0. The monoisotopic (exact) mass is 273 g/mol. The van der Waals surface area contributed by atoms with Crippen molar-refractivity contribution < 1.29 is 14.7 Å². The average molecular weight is 273 g/mol. The molecule has 5 heteroatoms. The van der Waals surface area contributed by atoms with Gasteiger partial charge in [-0.05, 0) is 12.8 Å². The maximum atomic E-state index is 12.2. The molecule has 0 aromatic carbocycles. The van der Waals surface area contributed by atoms with Crippen molar-refractivity contribution in [3.63, 3.8) is 0 Å². The van der Waals surface area contributed by atoms with E-state index >= 15 is 0 Å². The summed E-state index contributed by atoms with van der Waals surface area (Å²) in [6, 6.07) is 0. The highest BCUT2D eigenvalue weighted by atomic mass is 32.2. The van der Waals surface area contributed by atoms with Crippen LogP contribution >= 0.6 is 11.8 Å². The van der Waals surface area contributed by atoms with E-state index in [9.17, 15) is 14.7 Å². The van der Waals surface area contributed by atoms with E-state index in [4.69, 9.17) is 0 Å². The Balaban J connectivity index is 2.70. The van der Waals surface area contributed by atoms with E-state index in [1.807, 2.05) is 30.5 Å². The van der Waals surface area contributed by atoms with Gasteiger partial charge in [0.05, 0.1) is 5.41 Å². The number of aliphatic carboxylic acids is 1. The number of thioether (sulfide) groups is 1. The van der Waals surface area contributed by atoms with Crippen LogP contribution in [0, 0.1) is 11.3 Å². The third-order valence-corrected chi connectivity index (χ3v) is 5.01. The van der Waals surface area contributed by atoms with E-state index < -0.39 is 11.4 Å². The van der Waals surface area contributed by atoms with Crippen molar-refractivity contribution in [3.8, 4) is 0 Å². The van der Waals surface area contributed by atoms with Gasteiger partial charge in [-0.25, -0.2) is 0 Å². The van der Waals surface area contributed by atoms with Crippen LogP contribution in [0.3, 0.4) is 0 Å². The first-order valence-corrected chi connectivity index (χ1v) is 7.45. The van der Waals surface area contributed by atoms with Gasteiger partial charge in [0.1, 0.15) is 0 Å². The van der Waals surface area contributed by atoms with Crippen molar-refractivity contribution in [2.24, 2.45) is 11.3 Å². The predicted molar refractivity (Wildman–Crippen MR) is 73.7 cm³/mol. The number of hydrogen-bond donors (Lipinski definition) is 1. The Morgan fingerprint density at radius 1 is 1.50 bits per heavy atom. The van der Waals surface area contributed by atoms with Crippen LogP contribution in [-0.2, 0) is 9.59 Å². The molecule has 1 saturated heterocycles. The molecule has 2 unspecified atom stereocenters. The van der Waals surface area contributed by atoms with Gasteiger partial charge in [-0.2, -0.15) is 11.8 Å². The fraction of sp³-hybridized carbons (Fsp3) is 0.846. The van der Waals surface area contributed by atoms with Gasteiger partial charge in [0.15, 0.2) is 0 Å². The molecule has 0 aliphatic carbocycles. The summed E-state index contributed by atoms with van der Waals surface area (Å²) in [5.74, 6) is -0.0279. The van der Waals surface area contributed by atoms with Gasteiger partial charge in [0.25, 0.3) is 0 Å². The fourth-order valence-electron chi connectivity index (χ4n) is 2.00. The second kappa shape index (κ2) is 5.95. The molecule has 2 atom stereocenters. The molecule has 1 heterocycles. The zero-order valence-corrected chi connectivity index (χ0v) is 12.4. The molecule has 1 aliphatic rings. The Labute approximate surface area is 113 Å². The highest BCUT2D eigenvalue weighted by Gasteiger charge is 2.40. The second-order valence-corrected chi connectivity index (χ2v) is 7.12. The molecule has 1 amide bonds. The van der Waals surface area contributed by atoms with Crippen molar-refractivity contribution in [1.29, 1.82) is 0 Å². The van der Waals surface area contributed by atoms with Crippen molar-refractivity contribution in [2.45, 2.75) is 39.4 Å². The topological polar surface area (TPSA) is 57.6 Å². The first-order chi connectivity index (χ1) is 8.27. The lowest BCUT2D eigenvalue weighted by atomic mass is 9.76. The van der Waals surface area contributed by atoms with Gasteiger partial charge in [0, 0.05) is 30.5 Å². The molecule has 0 aromatic rings. The van der Waals surface area contributed by atoms with E-state index in [1.165, 1.54) is 0 Å². The maximum Gasteiger partial charge on any atom is 0.310 e. The number of carbonyl (C=O) groups is 2. The highest BCUT2D eigenvalue weighted by molar-refractivity contribution is 7.99. The lowest BCUT2D eigenvalue weighted by Gasteiger charge is -2.35. The molecule has 104 valence electrons. The molecule has 18 heavy (non-hydrogen) atoms. The second-order valence-electron chi connectivity index (χ2n) is 5.58. The Kier molecular flexibility index (Phi) is 5.08. The van der Waals surface area contributed by atoms with E-state index in [0.717, 1.165) is 18.8 Å². The summed E-state index contributed by atoms with van der Waals surface area (Å²) in [6.45, 7) is 8.95. The van der Waals surface area contributed by atoms with E-state index in [1.54, 1.807) is 6.92 Å². The molecule has 0 radical (unpaired) electrons. The molecule has 1 rings (SSSR count). The SMILES string of the molecule is CC1CN(C(=O)CC(C)(C(=O)O)C(C)C)CCS1. The third-order valence-electron chi connectivity index (χ3n) is 3.88. The maximum absolute atomic E-state index is 12.2. The number of amides is 1. The molecule has 0 bridgehead atoms. The van der Waals surface area contributed by atoms with Gasteiger partial charge < -0.3 is 10.0 Å². The quantitative estimate of drug-likeness (QED) is 0.852. The first-order valence-electron chi connectivity index (χ1n) is 6.40. The summed E-state index contributed by atoms with van der Waals surface area (Å²) in [5.41, 5.74) is -0.967. The zero-order chi connectivity index (χ0) is 13.9. The molecule has 4 nitrogen and oxygen atoms in total. The minimum atomic E-state index is -0.967. The molecule has 0 aromatic heterocycles. The summed E-state index contributed by atoms with van der Waals surface area (Å²) in [4.78, 5) is 25.4. The van der Waals surface area contributed by atoms with Crippen LogP contribution in [0.2, 0.25) is 0 Å². The van der Waals surface area contributed by atoms with Crippen molar-refractivity contribution >= 4 is 23.6 Å². The molecule has 0 saturated carbocycles. The van der Waals surface area contributed by atoms with Crippen LogP contribution in [0.4, 0.5) is 0 Å². The molecular weight excluding hydrogens is 250 g/mol. The van der Waals surface area contributed by atoms with Crippen LogP contribution in [-0.4, -0.2) is 46.0 Å². The Bertz CT molecular complexity index is 332. The van der Waals surface area contributed by atoms with Crippen LogP contribution in [0.5, 0.6) is 0 Å². The van der Waals surface area contributed by atoms with Crippen LogP contribution in [0.1, 0.15) is 34.1 Å². The summed E-state index contributed by atoms with van der Waals surface area (Å²) < 4.78 is 0. The largest absolute Gasteiger partial charge is 0.481 e. The van der Waals surface area contributed by atoms with E-state index in [-0.39, 0.29) is 18.2 Å². The molecule has 1 aliphatic heterocycles. The van der Waals surface area contributed by atoms with Gasteiger partial charge in [0.2, 0.25) is 5.91 Å². The minimum absolute atomic E-state index is 0.0271. The molecular formula is C13H23NO3S. The summed E-state index contributed by atoms with van der Waals surface area (Å²) >= 11 is 1.86. The number of carboxylic acid groups (broad SMARTS) is 1. The van der Waals surface area contributed by atoms with Crippen LogP contribution in [0.15, 0.2) is 0 Å². The van der Waals surface area contributed by atoms with Crippen molar-refractivity contribution in [1.82, 2.24) is 4.90 Å². The van der Waals surface area contributed by atoms with Gasteiger partial charge in [-0.15, -0.1) is 0 Å². The lowest BCUT2D eigenvalue weighted by molar-refractivity contribution is -0.155. The number of carbonyl (C=O) groups excluding carboxylic acids is 1. The number of hydrogen-bond acceptors (Lipinski definition) is 3. The fourth-order valence-corrected chi connectivity index (χ4v) is 3.01. The Morgan fingerprint density at radius 2 is 2.11 bits per heavy atom. The van der Waals surface area contributed by atoms with E-state index in [0.29, 0.717) is 5.25 Å². The Morgan fingerprint density at radius 3 is 2.56 bits per heavy atom. The molecule has 1 fully saturated rings. The van der Waals surface area contributed by atoms with Gasteiger partial charge in [-0.3, -0.25) is 9.59 Å². The highest BCUT2D eigenvalue weighted by Crippen LogP contribution is 2.32. The first kappa shape index (κ1) is 15.3. The number of rotatable bonds is 4. The third kappa shape index (κ3) is 3.40. The van der Waals surface area contributed by atoms with Gasteiger partial charge in [-0.1, -0.05) is 20.8 Å². The van der Waals surface area contributed by atoms with Crippen molar-refractivity contribution in [3.05, 3.63) is 0 Å². The Hall–Kier alpha value is -0.710. The summed E-state index contributed by atoms with van der Waals surface area (Å²) in [5, 5.41) is 9.77. The molecule has 0 spiro atoms.